The summed E-state index contributed by atoms with van der Waals surface area (Å²) in [6, 6.07) is 0. The maximum atomic E-state index is 11.3. The highest BCUT2D eigenvalue weighted by molar-refractivity contribution is 5.70. The molecule has 0 heterocycles. The normalized spacial score (nSPS) is 9.88. The molecule has 0 aromatic carbocycles. The molecule has 0 unspecified atom stereocenters. The summed E-state index contributed by atoms with van der Waals surface area (Å²) in [5, 5.41) is 7.89. The summed E-state index contributed by atoms with van der Waals surface area (Å²) in [4.78, 5) is 9.68. The van der Waals surface area contributed by atoms with Gasteiger partial charge in [-0.3, -0.25) is 13.6 Å². The van der Waals surface area contributed by atoms with E-state index >= 15 is 0 Å². The Labute approximate surface area is 45.1 Å². The summed E-state index contributed by atoms with van der Waals surface area (Å²) >= 11 is 0. The Morgan fingerprint density at radius 1 is 1.50 bits per heavy atom. The predicted octanol–water partition coefficient (Wildman–Crippen LogP) is 0.626. The van der Waals surface area contributed by atoms with Gasteiger partial charge in [-0.1, -0.05) is 0 Å². The Balaban J connectivity index is 3.52. The molecule has 0 aliphatic heterocycles. The van der Waals surface area contributed by atoms with Crippen LogP contribution in [0, 0.1) is 5.92 Å². The lowest BCUT2D eigenvalue weighted by Gasteiger charge is -1.97. The van der Waals surface area contributed by atoms with Crippen molar-refractivity contribution in [1.29, 1.82) is 0 Å². The second kappa shape index (κ2) is 3.35. The van der Waals surface area contributed by atoms with Gasteiger partial charge in [-0.2, -0.15) is 0 Å². The van der Waals surface area contributed by atoms with Crippen LogP contribution in [0.2, 0.25) is 0 Å². The Kier molecular flexibility index (Phi) is 3.07. The van der Waals surface area contributed by atoms with Crippen LogP contribution in [0.25, 0.3) is 0 Å². The number of alkyl halides is 2. The van der Waals surface area contributed by atoms with E-state index in [1.807, 2.05) is 0 Å². The van der Waals surface area contributed by atoms with Crippen molar-refractivity contribution in [3.8, 4) is 0 Å². The van der Waals surface area contributed by atoms with E-state index in [-0.39, 0.29) is 0 Å². The van der Waals surface area contributed by atoms with Crippen LogP contribution in [-0.2, 0) is 4.79 Å². The molecular weight excluding hydrogens is 118 g/mol. The molecule has 0 amide bonds. The first kappa shape index (κ1) is 7.33. The van der Waals surface area contributed by atoms with Crippen LogP contribution < -0.4 is 0 Å². The van der Waals surface area contributed by atoms with E-state index in [0.29, 0.717) is 0 Å². The van der Waals surface area contributed by atoms with Gasteiger partial charge >= 0.3 is 5.97 Å². The SMILES string of the molecule is O=C(O)C(CF)CF. The zero-order valence-electron chi connectivity index (χ0n) is 4.10. The standard InChI is InChI=1S/C4H6F2O2/c5-1-3(2-6)4(7)8/h3H,1-2H2,(H,7,8). The van der Waals surface area contributed by atoms with Gasteiger partial charge in [0.2, 0.25) is 0 Å². The highest BCUT2D eigenvalue weighted by Gasteiger charge is 2.15. The largest absolute Gasteiger partial charge is 0.481 e. The number of aliphatic carboxylic acids is 1. The summed E-state index contributed by atoms with van der Waals surface area (Å²) in [5.74, 6) is -2.88. The van der Waals surface area contributed by atoms with Gasteiger partial charge in [-0.05, 0) is 0 Å². The Hall–Kier alpha value is -0.670. The van der Waals surface area contributed by atoms with Crippen LogP contribution in [0.1, 0.15) is 0 Å². The van der Waals surface area contributed by atoms with Crippen molar-refractivity contribution < 1.29 is 18.7 Å². The van der Waals surface area contributed by atoms with Gasteiger partial charge in [0.15, 0.2) is 0 Å². The zero-order chi connectivity index (χ0) is 6.57. The van der Waals surface area contributed by atoms with Gasteiger partial charge in [0.1, 0.15) is 19.3 Å². The van der Waals surface area contributed by atoms with Crippen LogP contribution in [0.4, 0.5) is 8.78 Å². The molecule has 0 atom stereocenters. The predicted molar refractivity (Wildman–Crippen MR) is 23.1 cm³/mol. The molecule has 0 aliphatic carbocycles. The fourth-order valence-corrected chi connectivity index (χ4v) is 0.173. The third-order valence-electron chi connectivity index (χ3n) is 0.722. The van der Waals surface area contributed by atoms with Crippen LogP contribution in [-0.4, -0.2) is 24.4 Å². The van der Waals surface area contributed by atoms with E-state index < -0.39 is 25.2 Å². The Bertz CT molecular complexity index is 80.1. The average Bonchev–Trinajstić information content (AvgIpc) is 1.69. The fraction of sp³-hybridized carbons (Fsp3) is 0.750. The highest BCUT2D eigenvalue weighted by Crippen LogP contribution is 1.96. The number of hydrogen-bond acceptors (Lipinski definition) is 1. The van der Waals surface area contributed by atoms with E-state index in [1.54, 1.807) is 0 Å². The molecule has 0 aromatic rings. The molecule has 0 spiro atoms. The topological polar surface area (TPSA) is 37.3 Å². The number of carboxylic acid groups (broad SMARTS) is 1. The number of halogens is 2. The molecule has 2 nitrogen and oxygen atoms in total. The first-order chi connectivity index (χ1) is 3.72. The molecular formula is C4H6F2O2. The van der Waals surface area contributed by atoms with E-state index in [1.165, 1.54) is 0 Å². The zero-order valence-corrected chi connectivity index (χ0v) is 4.10. The summed E-state index contributed by atoms with van der Waals surface area (Å²) in [5.41, 5.74) is 0. The first-order valence-electron chi connectivity index (χ1n) is 2.07. The van der Waals surface area contributed by atoms with Gasteiger partial charge in [0, 0.05) is 0 Å². The monoisotopic (exact) mass is 124 g/mol. The summed E-state index contributed by atoms with van der Waals surface area (Å²) < 4.78 is 22.6. The van der Waals surface area contributed by atoms with Gasteiger partial charge in [0.05, 0.1) is 0 Å². The summed E-state index contributed by atoms with van der Waals surface area (Å²) in [6.07, 6.45) is 0. The van der Waals surface area contributed by atoms with Crippen molar-refractivity contribution in [2.45, 2.75) is 0 Å². The maximum Gasteiger partial charge on any atom is 0.311 e. The number of rotatable bonds is 3. The average molecular weight is 124 g/mol. The summed E-state index contributed by atoms with van der Waals surface area (Å²) in [7, 11) is 0. The lowest BCUT2D eigenvalue weighted by Crippen LogP contribution is -2.17. The van der Waals surface area contributed by atoms with Crippen LogP contribution >= 0.6 is 0 Å². The molecule has 0 saturated heterocycles. The van der Waals surface area contributed by atoms with Gasteiger partial charge < -0.3 is 5.11 Å². The Morgan fingerprint density at radius 3 is 1.88 bits per heavy atom. The molecule has 0 rings (SSSR count). The Morgan fingerprint density at radius 2 is 1.88 bits per heavy atom. The van der Waals surface area contributed by atoms with Crippen LogP contribution in [0.5, 0.6) is 0 Å². The molecule has 0 aromatic heterocycles. The minimum Gasteiger partial charge on any atom is -0.481 e. The molecule has 0 aliphatic rings. The first-order valence-corrected chi connectivity index (χ1v) is 2.07. The third-order valence-corrected chi connectivity index (χ3v) is 0.722. The highest BCUT2D eigenvalue weighted by atomic mass is 19.1. The quantitative estimate of drug-likeness (QED) is 0.599. The minimum absolute atomic E-state index is 1.13. The molecule has 8 heavy (non-hydrogen) atoms. The van der Waals surface area contributed by atoms with Crippen molar-refractivity contribution in [3.05, 3.63) is 0 Å². The molecule has 4 heteroatoms. The maximum absolute atomic E-state index is 11.3. The lowest BCUT2D eigenvalue weighted by atomic mass is 10.2. The molecule has 0 radical (unpaired) electrons. The molecule has 0 saturated carbocycles. The van der Waals surface area contributed by atoms with E-state index in [4.69, 9.17) is 5.11 Å². The van der Waals surface area contributed by atoms with Crippen LogP contribution in [0.3, 0.4) is 0 Å². The number of carbonyl (C=O) groups is 1. The second-order valence-electron chi connectivity index (χ2n) is 1.34. The number of carboxylic acids is 1. The third kappa shape index (κ3) is 1.86. The van der Waals surface area contributed by atoms with E-state index in [2.05, 4.69) is 0 Å². The second-order valence-corrected chi connectivity index (χ2v) is 1.34. The summed E-state index contributed by atoms with van der Waals surface area (Å²) in [6.45, 7) is -2.27. The van der Waals surface area contributed by atoms with E-state index in [0.717, 1.165) is 0 Å². The number of hydrogen-bond donors (Lipinski definition) is 1. The fourth-order valence-electron chi connectivity index (χ4n) is 0.173. The molecule has 0 fully saturated rings. The van der Waals surface area contributed by atoms with Crippen molar-refractivity contribution in [1.82, 2.24) is 0 Å². The van der Waals surface area contributed by atoms with Crippen LogP contribution in [0.15, 0.2) is 0 Å². The van der Waals surface area contributed by atoms with Gasteiger partial charge in [0.25, 0.3) is 0 Å². The lowest BCUT2D eigenvalue weighted by molar-refractivity contribution is -0.142. The minimum atomic E-state index is -1.46. The van der Waals surface area contributed by atoms with Crippen molar-refractivity contribution in [2.75, 3.05) is 13.3 Å². The van der Waals surface area contributed by atoms with Crippen molar-refractivity contribution in [2.24, 2.45) is 5.92 Å². The smallest absolute Gasteiger partial charge is 0.311 e. The van der Waals surface area contributed by atoms with E-state index in [9.17, 15) is 13.6 Å². The van der Waals surface area contributed by atoms with Gasteiger partial charge in [-0.25, -0.2) is 0 Å². The van der Waals surface area contributed by atoms with Crippen molar-refractivity contribution >= 4 is 5.97 Å². The molecule has 1 N–H and O–H groups in total. The molecule has 0 bridgehead atoms. The molecule has 48 valence electrons. The van der Waals surface area contributed by atoms with Crippen molar-refractivity contribution in [3.63, 3.8) is 0 Å². The van der Waals surface area contributed by atoms with Gasteiger partial charge in [-0.15, -0.1) is 0 Å².